The third-order valence-electron chi connectivity index (χ3n) is 1.84. The van der Waals surface area contributed by atoms with E-state index in [0.29, 0.717) is 5.92 Å². The zero-order valence-electron chi connectivity index (χ0n) is 6.12. The lowest BCUT2D eigenvalue weighted by molar-refractivity contribution is 0.276. The molecule has 1 aliphatic heterocycles. The van der Waals surface area contributed by atoms with Gasteiger partial charge in [-0.2, -0.15) is 0 Å². The van der Waals surface area contributed by atoms with Gasteiger partial charge in [-0.05, 0) is 18.8 Å². The molecule has 1 N–H and O–H groups in total. The molecule has 0 bridgehead atoms. The lowest BCUT2D eigenvalue weighted by atomic mass is 10.0. The molecule has 4 heteroatoms. The lowest BCUT2D eigenvalue weighted by Gasteiger charge is -2.26. The van der Waals surface area contributed by atoms with E-state index >= 15 is 0 Å². The number of rotatable bonds is 1. The normalized spacial score (nSPS) is 32.0. The van der Waals surface area contributed by atoms with Crippen LogP contribution in [-0.4, -0.2) is 26.2 Å². The summed E-state index contributed by atoms with van der Waals surface area (Å²) < 4.78 is 20.8. The van der Waals surface area contributed by atoms with Crippen molar-refractivity contribution in [3.8, 4) is 0 Å². The van der Waals surface area contributed by atoms with Crippen molar-refractivity contribution in [3.63, 3.8) is 0 Å². The maximum absolute atomic E-state index is 10.5. The summed E-state index contributed by atoms with van der Waals surface area (Å²) >= 11 is -1.74. The van der Waals surface area contributed by atoms with Crippen LogP contribution in [0.5, 0.6) is 0 Å². The average Bonchev–Trinajstić information content (AvgIpc) is 1.88. The minimum absolute atomic E-state index is 0.574. The monoisotopic (exact) mass is 163 g/mol. The second-order valence-electron chi connectivity index (χ2n) is 2.87. The predicted molar refractivity (Wildman–Crippen MR) is 40.7 cm³/mol. The van der Waals surface area contributed by atoms with Crippen LogP contribution in [0.4, 0.5) is 0 Å². The van der Waals surface area contributed by atoms with Crippen LogP contribution in [0.1, 0.15) is 19.8 Å². The Morgan fingerprint density at radius 3 is 2.80 bits per heavy atom. The highest BCUT2D eigenvalue weighted by Crippen LogP contribution is 2.15. The zero-order chi connectivity index (χ0) is 7.56. The van der Waals surface area contributed by atoms with Gasteiger partial charge in [0.2, 0.25) is 11.3 Å². The van der Waals surface area contributed by atoms with Crippen LogP contribution in [0.3, 0.4) is 0 Å². The van der Waals surface area contributed by atoms with Crippen molar-refractivity contribution in [1.29, 1.82) is 0 Å². The molecule has 0 aromatic carbocycles. The fraction of sp³-hybridized carbons (Fsp3) is 1.00. The van der Waals surface area contributed by atoms with Gasteiger partial charge in [-0.25, -0.2) is 8.51 Å². The topological polar surface area (TPSA) is 40.5 Å². The molecule has 0 spiro atoms. The highest BCUT2D eigenvalue weighted by molar-refractivity contribution is 7.76. The number of hydrogen-bond donors (Lipinski definition) is 1. The molecule has 10 heavy (non-hydrogen) atoms. The smallest absolute Gasteiger partial charge is 0.234 e. The average molecular weight is 163 g/mol. The summed E-state index contributed by atoms with van der Waals surface area (Å²) in [7, 11) is 0. The standard InChI is InChI=1S/C6H13NO2S/c1-6-3-2-4-7(5-6)10(8)9/h6H,2-5H2,1H3,(H,8,9). The van der Waals surface area contributed by atoms with E-state index in [0.717, 1.165) is 19.5 Å². The molecule has 2 unspecified atom stereocenters. The molecule has 0 saturated carbocycles. The molecule has 0 aromatic heterocycles. The Morgan fingerprint density at radius 1 is 1.70 bits per heavy atom. The largest absolute Gasteiger partial charge is 0.294 e. The van der Waals surface area contributed by atoms with Crippen LogP contribution in [0.15, 0.2) is 0 Å². The summed E-state index contributed by atoms with van der Waals surface area (Å²) in [5, 5.41) is 0. The number of hydrogen-bond acceptors (Lipinski definition) is 1. The summed E-state index contributed by atoms with van der Waals surface area (Å²) in [5.41, 5.74) is 0. The molecule has 3 nitrogen and oxygen atoms in total. The highest BCUT2D eigenvalue weighted by Gasteiger charge is 2.19. The molecule has 1 saturated heterocycles. The summed E-state index contributed by atoms with van der Waals surface area (Å²) in [4.78, 5) is 0. The van der Waals surface area contributed by atoms with E-state index in [1.54, 1.807) is 4.31 Å². The van der Waals surface area contributed by atoms with Gasteiger partial charge < -0.3 is 0 Å². The van der Waals surface area contributed by atoms with Crippen molar-refractivity contribution in [2.24, 2.45) is 5.92 Å². The van der Waals surface area contributed by atoms with E-state index in [1.807, 2.05) is 0 Å². The van der Waals surface area contributed by atoms with Crippen molar-refractivity contribution in [1.82, 2.24) is 4.31 Å². The molecular weight excluding hydrogens is 150 g/mol. The Labute approximate surface area is 63.8 Å². The molecule has 60 valence electrons. The van der Waals surface area contributed by atoms with E-state index < -0.39 is 11.3 Å². The Balaban J connectivity index is 2.39. The Morgan fingerprint density at radius 2 is 2.40 bits per heavy atom. The van der Waals surface area contributed by atoms with E-state index in [-0.39, 0.29) is 0 Å². The van der Waals surface area contributed by atoms with Crippen molar-refractivity contribution in [2.45, 2.75) is 19.8 Å². The van der Waals surface area contributed by atoms with Gasteiger partial charge in [0.05, 0.1) is 0 Å². The predicted octanol–water partition coefficient (Wildman–Crippen LogP) is 0.855. The first-order valence-electron chi connectivity index (χ1n) is 3.56. The van der Waals surface area contributed by atoms with Gasteiger partial charge in [0.1, 0.15) is 0 Å². The van der Waals surface area contributed by atoms with Gasteiger partial charge in [-0.15, -0.1) is 0 Å². The van der Waals surface area contributed by atoms with Crippen LogP contribution in [0.25, 0.3) is 0 Å². The number of nitrogens with zero attached hydrogens (tertiary/aromatic N) is 1. The van der Waals surface area contributed by atoms with E-state index in [2.05, 4.69) is 6.92 Å². The molecule has 0 amide bonds. The summed E-state index contributed by atoms with van der Waals surface area (Å²) in [6.07, 6.45) is 2.24. The fourth-order valence-corrected chi connectivity index (χ4v) is 1.96. The SMILES string of the molecule is CC1CCCN(S(=O)O)C1. The third-order valence-corrected chi connectivity index (χ3v) is 2.61. The fourth-order valence-electron chi connectivity index (χ4n) is 1.29. The minimum Gasteiger partial charge on any atom is -0.294 e. The lowest BCUT2D eigenvalue weighted by Crippen LogP contribution is -2.35. The maximum Gasteiger partial charge on any atom is 0.234 e. The molecule has 1 aliphatic rings. The molecule has 0 aliphatic carbocycles. The van der Waals surface area contributed by atoms with Gasteiger partial charge in [-0.1, -0.05) is 6.92 Å². The molecule has 0 aromatic rings. The quantitative estimate of drug-likeness (QED) is 0.582. The van der Waals surface area contributed by atoms with Gasteiger partial charge in [0.15, 0.2) is 0 Å². The first kappa shape index (κ1) is 8.17. The number of piperidine rings is 1. The first-order valence-corrected chi connectivity index (χ1v) is 4.62. The second kappa shape index (κ2) is 3.46. The first-order chi connectivity index (χ1) is 4.70. The molecule has 1 rings (SSSR count). The highest BCUT2D eigenvalue weighted by atomic mass is 32.2. The third kappa shape index (κ3) is 2.04. The second-order valence-corrected chi connectivity index (χ2v) is 3.84. The molecular formula is C6H13NO2S. The van der Waals surface area contributed by atoms with Crippen molar-refractivity contribution >= 4 is 11.3 Å². The van der Waals surface area contributed by atoms with E-state index in [4.69, 9.17) is 4.55 Å². The van der Waals surface area contributed by atoms with Gasteiger partial charge in [0.25, 0.3) is 0 Å². The molecule has 1 fully saturated rings. The Kier molecular flexibility index (Phi) is 2.82. The summed E-state index contributed by atoms with van der Waals surface area (Å²) in [6.45, 7) is 3.65. The van der Waals surface area contributed by atoms with Crippen molar-refractivity contribution < 1.29 is 8.76 Å². The van der Waals surface area contributed by atoms with Crippen LogP contribution in [-0.2, 0) is 11.3 Å². The van der Waals surface area contributed by atoms with Crippen molar-refractivity contribution in [2.75, 3.05) is 13.1 Å². The van der Waals surface area contributed by atoms with Gasteiger partial charge in [-0.3, -0.25) is 4.55 Å². The van der Waals surface area contributed by atoms with Crippen LogP contribution >= 0.6 is 0 Å². The van der Waals surface area contributed by atoms with Crippen LogP contribution < -0.4 is 0 Å². The van der Waals surface area contributed by atoms with Crippen LogP contribution in [0, 0.1) is 5.92 Å². The Hall–Kier alpha value is 0.0700. The molecule has 1 heterocycles. The van der Waals surface area contributed by atoms with Gasteiger partial charge in [0, 0.05) is 13.1 Å². The molecule has 0 radical (unpaired) electrons. The molecule has 2 atom stereocenters. The minimum atomic E-state index is -1.74. The van der Waals surface area contributed by atoms with Gasteiger partial charge >= 0.3 is 0 Å². The Bertz CT molecular complexity index is 140. The van der Waals surface area contributed by atoms with E-state index in [9.17, 15) is 4.21 Å². The summed E-state index contributed by atoms with van der Waals surface area (Å²) in [6, 6.07) is 0. The van der Waals surface area contributed by atoms with E-state index in [1.165, 1.54) is 6.42 Å². The summed E-state index contributed by atoms with van der Waals surface area (Å²) in [5.74, 6) is 0.574. The zero-order valence-corrected chi connectivity index (χ0v) is 6.93. The maximum atomic E-state index is 10.5. The van der Waals surface area contributed by atoms with Crippen LogP contribution in [0.2, 0.25) is 0 Å². The van der Waals surface area contributed by atoms with Crippen molar-refractivity contribution in [3.05, 3.63) is 0 Å².